The van der Waals surface area contributed by atoms with E-state index in [1.165, 1.54) is 4.90 Å². The average Bonchev–Trinajstić information content (AvgIpc) is 3.08. The van der Waals surface area contributed by atoms with Crippen LogP contribution in [0.3, 0.4) is 0 Å². The maximum absolute atomic E-state index is 11.8. The van der Waals surface area contributed by atoms with Crippen molar-refractivity contribution in [2.24, 2.45) is 0 Å². The van der Waals surface area contributed by atoms with Gasteiger partial charge in [-0.05, 0) is 36.8 Å². The number of cyclic esters (lactones) is 1. The summed E-state index contributed by atoms with van der Waals surface area (Å²) in [5.41, 5.74) is 1.88. The van der Waals surface area contributed by atoms with Crippen LogP contribution in [0, 0.1) is 0 Å². The molecule has 1 amide bonds. The summed E-state index contributed by atoms with van der Waals surface area (Å²) in [6.45, 7) is 3.36. The third-order valence-corrected chi connectivity index (χ3v) is 4.40. The molecule has 1 aliphatic rings. The largest absolute Gasteiger partial charge is 0.493 e. The number of rotatable bonds is 9. The first-order valence-corrected chi connectivity index (χ1v) is 9.13. The quantitative estimate of drug-likeness (QED) is 0.732. The fraction of sp³-hybridized carbons (Fsp3) is 0.381. The second kappa shape index (κ2) is 9.39. The highest BCUT2D eigenvalue weighted by atomic mass is 16.6. The molecule has 0 bridgehead atoms. The highest BCUT2D eigenvalue weighted by Crippen LogP contribution is 2.24. The molecule has 2 aromatic carbocycles. The number of ether oxygens (including phenoxy) is 3. The van der Waals surface area contributed by atoms with E-state index in [4.69, 9.17) is 19.3 Å². The van der Waals surface area contributed by atoms with Crippen LogP contribution in [0.15, 0.2) is 54.6 Å². The lowest BCUT2D eigenvalue weighted by molar-refractivity contribution is 0.0386. The summed E-state index contributed by atoms with van der Waals surface area (Å²) >= 11 is 0. The Balaban J connectivity index is 1.40. The molecule has 27 heavy (non-hydrogen) atoms. The van der Waals surface area contributed by atoms with Crippen molar-refractivity contribution in [2.75, 3.05) is 24.7 Å². The van der Waals surface area contributed by atoms with Crippen LogP contribution in [0.25, 0.3) is 0 Å². The molecular formula is C21H25NO5. The van der Waals surface area contributed by atoms with Crippen molar-refractivity contribution in [1.29, 1.82) is 0 Å². The fourth-order valence-electron chi connectivity index (χ4n) is 2.79. The Bertz CT molecular complexity index is 719. The van der Waals surface area contributed by atoms with Gasteiger partial charge in [0.25, 0.3) is 0 Å². The van der Waals surface area contributed by atoms with Crippen molar-refractivity contribution >= 4 is 11.8 Å². The van der Waals surface area contributed by atoms with Crippen LogP contribution < -0.4 is 9.64 Å². The van der Waals surface area contributed by atoms with E-state index in [0.29, 0.717) is 19.8 Å². The maximum Gasteiger partial charge on any atom is 0.414 e. The Hall–Kier alpha value is -2.57. The fourth-order valence-corrected chi connectivity index (χ4v) is 2.79. The Morgan fingerprint density at radius 3 is 2.59 bits per heavy atom. The number of amides is 1. The Morgan fingerprint density at radius 2 is 1.93 bits per heavy atom. The van der Waals surface area contributed by atoms with Crippen LogP contribution in [-0.4, -0.2) is 43.2 Å². The molecule has 144 valence electrons. The molecule has 2 aromatic rings. The van der Waals surface area contributed by atoms with Crippen LogP contribution in [0.5, 0.6) is 5.75 Å². The van der Waals surface area contributed by atoms with Crippen molar-refractivity contribution in [3.05, 3.63) is 60.2 Å². The van der Waals surface area contributed by atoms with E-state index in [9.17, 15) is 4.79 Å². The zero-order chi connectivity index (χ0) is 19.1. The molecule has 0 spiro atoms. The molecule has 2 atom stereocenters. The van der Waals surface area contributed by atoms with E-state index in [1.54, 1.807) is 0 Å². The number of benzene rings is 2. The molecule has 0 aliphatic carbocycles. The Morgan fingerprint density at radius 1 is 1.19 bits per heavy atom. The standard InChI is InChI=1S/C21H25NO5/c1-16(26-15-17-5-3-2-4-6-17)11-12-25-19-9-7-18(8-10-19)22-13-20(14-23)27-21(22)24/h2-10,16,20,23H,11-15H2,1H3. The first-order chi connectivity index (χ1) is 13.2. The molecule has 1 fully saturated rings. The van der Waals surface area contributed by atoms with Crippen LogP contribution in [0.2, 0.25) is 0 Å². The summed E-state index contributed by atoms with van der Waals surface area (Å²) in [6, 6.07) is 17.4. The average molecular weight is 371 g/mol. The number of aliphatic hydroxyl groups excluding tert-OH is 1. The van der Waals surface area contributed by atoms with Crippen molar-refractivity contribution in [3.63, 3.8) is 0 Å². The van der Waals surface area contributed by atoms with Gasteiger partial charge in [-0.25, -0.2) is 4.79 Å². The van der Waals surface area contributed by atoms with E-state index in [0.717, 1.165) is 23.4 Å². The second-order valence-electron chi connectivity index (χ2n) is 6.54. The third-order valence-electron chi connectivity index (χ3n) is 4.40. The van der Waals surface area contributed by atoms with Crippen LogP contribution in [-0.2, 0) is 16.1 Å². The SMILES string of the molecule is CC(CCOc1ccc(N2CC(CO)OC2=O)cc1)OCc1ccccc1. The number of aliphatic hydroxyl groups is 1. The van der Waals surface area contributed by atoms with Gasteiger partial charge in [0, 0.05) is 12.1 Å². The molecule has 2 unspecified atom stereocenters. The number of hydrogen-bond donors (Lipinski definition) is 1. The van der Waals surface area contributed by atoms with E-state index in [2.05, 4.69) is 0 Å². The molecule has 1 heterocycles. The van der Waals surface area contributed by atoms with Gasteiger partial charge in [-0.15, -0.1) is 0 Å². The van der Waals surface area contributed by atoms with E-state index < -0.39 is 12.2 Å². The molecule has 0 aromatic heterocycles. The van der Waals surface area contributed by atoms with Gasteiger partial charge in [0.15, 0.2) is 0 Å². The number of hydrogen-bond acceptors (Lipinski definition) is 5. The number of nitrogens with zero attached hydrogens (tertiary/aromatic N) is 1. The van der Waals surface area contributed by atoms with Crippen LogP contribution in [0.4, 0.5) is 10.5 Å². The smallest absolute Gasteiger partial charge is 0.414 e. The zero-order valence-corrected chi connectivity index (χ0v) is 15.4. The van der Waals surface area contributed by atoms with Gasteiger partial charge in [-0.1, -0.05) is 30.3 Å². The maximum atomic E-state index is 11.8. The third kappa shape index (κ3) is 5.45. The topological polar surface area (TPSA) is 68.2 Å². The van der Waals surface area contributed by atoms with Gasteiger partial charge in [-0.2, -0.15) is 0 Å². The van der Waals surface area contributed by atoms with Gasteiger partial charge in [0.2, 0.25) is 0 Å². The lowest BCUT2D eigenvalue weighted by Gasteiger charge is -2.15. The summed E-state index contributed by atoms with van der Waals surface area (Å²) in [4.78, 5) is 13.3. The van der Waals surface area contributed by atoms with Crippen molar-refractivity contribution in [1.82, 2.24) is 0 Å². The van der Waals surface area contributed by atoms with Crippen molar-refractivity contribution in [3.8, 4) is 5.75 Å². The molecule has 6 heteroatoms. The lowest BCUT2D eigenvalue weighted by Crippen LogP contribution is -2.25. The predicted molar refractivity (Wildman–Crippen MR) is 102 cm³/mol. The van der Waals surface area contributed by atoms with E-state index in [-0.39, 0.29) is 12.7 Å². The number of carbonyl (C=O) groups excluding carboxylic acids is 1. The minimum Gasteiger partial charge on any atom is -0.493 e. The Labute approximate surface area is 159 Å². The zero-order valence-electron chi connectivity index (χ0n) is 15.4. The minimum absolute atomic E-state index is 0.0965. The van der Waals surface area contributed by atoms with Crippen LogP contribution in [0.1, 0.15) is 18.9 Å². The molecule has 1 aliphatic heterocycles. The highest BCUT2D eigenvalue weighted by Gasteiger charge is 2.31. The minimum atomic E-state index is -0.467. The molecular weight excluding hydrogens is 346 g/mol. The van der Waals surface area contributed by atoms with Crippen molar-refractivity contribution in [2.45, 2.75) is 32.2 Å². The molecule has 3 rings (SSSR count). The molecule has 0 saturated carbocycles. The van der Waals surface area contributed by atoms with Gasteiger partial charge in [0.05, 0.1) is 32.5 Å². The summed E-state index contributed by atoms with van der Waals surface area (Å²) < 4.78 is 16.6. The molecule has 1 N–H and O–H groups in total. The summed E-state index contributed by atoms with van der Waals surface area (Å²) in [6.07, 6.45) is -0.0252. The van der Waals surface area contributed by atoms with Crippen molar-refractivity contribution < 1.29 is 24.1 Å². The lowest BCUT2D eigenvalue weighted by atomic mass is 10.2. The molecule has 6 nitrogen and oxygen atoms in total. The highest BCUT2D eigenvalue weighted by molar-refractivity contribution is 5.89. The monoisotopic (exact) mass is 371 g/mol. The van der Waals surface area contributed by atoms with Gasteiger partial charge < -0.3 is 19.3 Å². The van der Waals surface area contributed by atoms with E-state index >= 15 is 0 Å². The normalized spacial score (nSPS) is 17.6. The number of anilines is 1. The predicted octanol–water partition coefficient (Wildman–Crippen LogP) is 3.38. The van der Waals surface area contributed by atoms with Crippen LogP contribution >= 0.6 is 0 Å². The molecule has 0 radical (unpaired) electrons. The summed E-state index contributed by atoms with van der Waals surface area (Å²) in [7, 11) is 0. The Kier molecular flexibility index (Phi) is 6.68. The first kappa shape index (κ1) is 19.2. The second-order valence-corrected chi connectivity index (χ2v) is 6.54. The number of carbonyl (C=O) groups is 1. The first-order valence-electron chi connectivity index (χ1n) is 9.13. The summed E-state index contributed by atoms with van der Waals surface area (Å²) in [5.74, 6) is 0.736. The van der Waals surface area contributed by atoms with Gasteiger partial charge in [0.1, 0.15) is 11.9 Å². The van der Waals surface area contributed by atoms with Gasteiger partial charge in [-0.3, -0.25) is 4.90 Å². The van der Waals surface area contributed by atoms with Gasteiger partial charge >= 0.3 is 6.09 Å². The molecule has 1 saturated heterocycles. The summed E-state index contributed by atoms with van der Waals surface area (Å²) in [5, 5.41) is 9.10. The van der Waals surface area contributed by atoms with E-state index in [1.807, 2.05) is 61.5 Å².